The van der Waals surface area contributed by atoms with Gasteiger partial charge in [-0.2, -0.15) is 5.10 Å². The number of hydrogen-bond donors (Lipinski definition) is 2. The molecule has 0 aliphatic carbocycles. The highest BCUT2D eigenvalue weighted by Gasteiger charge is 2.40. The van der Waals surface area contributed by atoms with E-state index in [4.69, 9.17) is 9.47 Å². The summed E-state index contributed by atoms with van der Waals surface area (Å²) < 4.78 is 10.4. The number of phenols is 1. The number of phenolic OH excluding ortho intramolecular Hbond substituents is 1. The van der Waals surface area contributed by atoms with Crippen molar-refractivity contribution in [3.05, 3.63) is 59.3 Å². The molecule has 0 saturated carbocycles. The van der Waals surface area contributed by atoms with Gasteiger partial charge in [0.1, 0.15) is 11.4 Å². The Hall–Kier alpha value is -3.48. The van der Waals surface area contributed by atoms with Crippen LogP contribution in [0.15, 0.2) is 42.5 Å². The van der Waals surface area contributed by atoms with Crippen molar-refractivity contribution in [1.82, 2.24) is 15.1 Å². The number of amides is 1. The van der Waals surface area contributed by atoms with E-state index in [2.05, 4.69) is 10.2 Å². The third-order valence-electron chi connectivity index (χ3n) is 4.88. The van der Waals surface area contributed by atoms with Gasteiger partial charge in [-0.05, 0) is 42.0 Å². The minimum absolute atomic E-state index is 0.0519. The summed E-state index contributed by atoms with van der Waals surface area (Å²) in [5.74, 6) is 1.03. The lowest BCUT2D eigenvalue weighted by Gasteiger charge is -2.22. The molecule has 2 heterocycles. The normalized spacial score (nSPS) is 15.7. The number of benzene rings is 2. The number of aromatic nitrogens is 2. The van der Waals surface area contributed by atoms with Gasteiger partial charge in [-0.1, -0.05) is 6.07 Å². The molecule has 3 aromatic rings. The Morgan fingerprint density at radius 3 is 2.52 bits per heavy atom. The molecule has 7 nitrogen and oxygen atoms in total. The number of H-pyrrole nitrogens is 1. The second-order valence-electron chi connectivity index (χ2n) is 6.34. The Morgan fingerprint density at radius 2 is 1.85 bits per heavy atom. The molecule has 4 rings (SSSR count). The van der Waals surface area contributed by atoms with E-state index in [1.165, 1.54) is 7.11 Å². The van der Waals surface area contributed by atoms with E-state index in [1.807, 2.05) is 24.3 Å². The first-order chi connectivity index (χ1) is 13.0. The molecule has 1 unspecified atom stereocenters. The zero-order valence-electron chi connectivity index (χ0n) is 15.2. The largest absolute Gasteiger partial charge is 0.504 e. The number of nitrogens with zero attached hydrogens (tertiary/aromatic N) is 2. The molecule has 0 radical (unpaired) electrons. The number of nitrogens with one attached hydrogen (secondary N) is 1. The van der Waals surface area contributed by atoms with Crippen LogP contribution in [0.4, 0.5) is 0 Å². The zero-order chi connectivity index (χ0) is 19.1. The van der Waals surface area contributed by atoms with Crippen molar-refractivity contribution in [3.63, 3.8) is 0 Å². The van der Waals surface area contributed by atoms with Gasteiger partial charge >= 0.3 is 0 Å². The number of methoxy groups -OCH3 is 2. The van der Waals surface area contributed by atoms with Crippen LogP contribution in [0.25, 0.3) is 11.3 Å². The highest BCUT2D eigenvalue weighted by atomic mass is 16.5. The van der Waals surface area contributed by atoms with Crippen LogP contribution < -0.4 is 9.47 Å². The van der Waals surface area contributed by atoms with Crippen molar-refractivity contribution in [2.75, 3.05) is 21.3 Å². The predicted octanol–water partition coefficient (Wildman–Crippen LogP) is 2.97. The van der Waals surface area contributed by atoms with E-state index < -0.39 is 0 Å². The Morgan fingerprint density at radius 1 is 1.11 bits per heavy atom. The standard InChI is InChI=1S/C20H19N3O4/c1-23-19(12-6-9-14(24)15(10-12)27-3)16-17(21-22-18(16)20(23)25)11-4-7-13(26-2)8-5-11/h4-10,19,24H,1-3H3,(H,21,22). The fourth-order valence-corrected chi connectivity index (χ4v) is 3.49. The van der Waals surface area contributed by atoms with Gasteiger partial charge in [-0.3, -0.25) is 9.89 Å². The predicted molar refractivity (Wildman–Crippen MR) is 99.2 cm³/mol. The summed E-state index contributed by atoms with van der Waals surface area (Å²) in [7, 11) is 4.86. The number of aromatic amines is 1. The van der Waals surface area contributed by atoms with Gasteiger partial charge in [0.25, 0.3) is 5.91 Å². The number of ether oxygens (including phenoxy) is 2. The van der Waals surface area contributed by atoms with Crippen molar-refractivity contribution in [2.24, 2.45) is 0 Å². The van der Waals surface area contributed by atoms with Crippen molar-refractivity contribution in [3.8, 4) is 28.5 Å². The van der Waals surface area contributed by atoms with Crippen LogP contribution in [0, 0.1) is 0 Å². The van der Waals surface area contributed by atoms with Gasteiger partial charge in [0, 0.05) is 18.2 Å². The van der Waals surface area contributed by atoms with Gasteiger partial charge < -0.3 is 19.5 Å². The van der Waals surface area contributed by atoms with Gasteiger partial charge in [-0.15, -0.1) is 0 Å². The van der Waals surface area contributed by atoms with E-state index in [1.54, 1.807) is 37.3 Å². The van der Waals surface area contributed by atoms with Gasteiger partial charge in [0.2, 0.25) is 0 Å². The first-order valence-corrected chi connectivity index (χ1v) is 8.42. The van der Waals surface area contributed by atoms with Crippen LogP contribution in [-0.4, -0.2) is 47.4 Å². The molecular formula is C20H19N3O4. The van der Waals surface area contributed by atoms with Gasteiger partial charge in [-0.25, -0.2) is 0 Å². The number of hydrogen-bond acceptors (Lipinski definition) is 5. The van der Waals surface area contributed by atoms with E-state index in [-0.39, 0.29) is 17.7 Å². The van der Waals surface area contributed by atoms with Crippen molar-refractivity contribution in [1.29, 1.82) is 0 Å². The monoisotopic (exact) mass is 365 g/mol. The zero-order valence-corrected chi connectivity index (χ0v) is 15.2. The number of carbonyl (C=O) groups is 1. The highest BCUT2D eigenvalue weighted by Crippen LogP contribution is 2.43. The average molecular weight is 365 g/mol. The Balaban J connectivity index is 1.85. The molecule has 1 atom stereocenters. The molecule has 7 heteroatoms. The maximum absolute atomic E-state index is 12.7. The third-order valence-corrected chi connectivity index (χ3v) is 4.88. The minimum Gasteiger partial charge on any atom is -0.504 e. The second kappa shape index (κ2) is 6.35. The van der Waals surface area contributed by atoms with Crippen LogP contribution in [0.1, 0.15) is 27.7 Å². The van der Waals surface area contributed by atoms with Crippen LogP contribution in [0.2, 0.25) is 0 Å². The lowest BCUT2D eigenvalue weighted by molar-refractivity contribution is 0.0787. The van der Waals surface area contributed by atoms with Gasteiger partial charge in [0.05, 0.1) is 26.0 Å². The van der Waals surface area contributed by atoms with E-state index >= 15 is 0 Å². The van der Waals surface area contributed by atoms with E-state index in [0.717, 1.165) is 22.4 Å². The summed E-state index contributed by atoms with van der Waals surface area (Å²) >= 11 is 0. The smallest absolute Gasteiger partial charge is 0.272 e. The molecule has 138 valence electrons. The third kappa shape index (κ3) is 2.59. The van der Waals surface area contributed by atoms with Crippen LogP contribution in [-0.2, 0) is 0 Å². The van der Waals surface area contributed by atoms with Gasteiger partial charge in [0.15, 0.2) is 11.5 Å². The highest BCUT2D eigenvalue weighted by molar-refractivity contribution is 6.00. The lowest BCUT2D eigenvalue weighted by atomic mass is 9.96. The minimum atomic E-state index is -0.335. The molecule has 0 fully saturated rings. The van der Waals surface area contributed by atoms with Crippen LogP contribution in [0.5, 0.6) is 17.2 Å². The molecule has 1 aliphatic heterocycles. The van der Waals surface area contributed by atoms with Crippen molar-refractivity contribution in [2.45, 2.75) is 6.04 Å². The molecule has 2 N–H and O–H groups in total. The molecule has 27 heavy (non-hydrogen) atoms. The topological polar surface area (TPSA) is 87.7 Å². The summed E-state index contributed by atoms with van der Waals surface area (Å²) in [6, 6.07) is 12.3. The fourth-order valence-electron chi connectivity index (χ4n) is 3.49. The van der Waals surface area contributed by atoms with Crippen LogP contribution >= 0.6 is 0 Å². The summed E-state index contributed by atoms with van der Waals surface area (Å²) in [4.78, 5) is 14.4. The number of aromatic hydroxyl groups is 1. The first kappa shape index (κ1) is 17.0. The van der Waals surface area contributed by atoms with E-state index in [9.17, 15) is 9.90 Å². The molecule has 2 aromatic carbocycles. The van der Waals surface area contributed by atoms with Crippen LogP contribution in [0.3, 0.4) is 0 Å². The van der Waals surface area contributed by atoms with Crippen molar-refractivity contribution >= 4 is 5.91 Å². The summed E-state index contributed by atoms with van der Waals surface area (Å²) in [6.07, 6.45) is 0. The molecule has 0 saturated heterocycles. The summed E-state index contributed by atoms with van der Waals surface area (Å²) in [5, 5.41) is 17.2. The van der Waals surface area contributed by atoms with E-state index in [0.29, 0.717) is 17.1 Å². The second-order valence-corrected chi connectivity index (χ2v) is 6.34. The molecule has 1 amide bonds. The quantitative estimate of drug-likeness (QED) is 0.742. The molecule has 0 spiro atoms. The van der Waals surface area contributed by atoms with Crippen molar-refractivity contribution < 1.29 is 19.4 Å². The Bertz CT molecular complexity index is 1010. The number of fused-ring (bicyclic) bond motifs is 1. The Kier molecular flexibility index (Phi) is 3.99. The number of rotatable bonds is 4. The fraction of sp³-hybridized carbons (Fsp3) is 0.200. The summed E-state index contributed by atoms with van der Waals surface area (Å²) in [5.41, 5.74) is 3.70. The lowest BCUT2D eigenvalue weighted by Crippen LogP contribution is -2.24. The maximum atomic E-state index is 12.7. The first-order valence-electron chi connectivity index (χ1n) is 8.42. The molecule has 1 aromatic heterocycles. The molecular weight excluding hydrogens is 346 g/mol. The Labute approximate surface area is 156 Å². The average Bonchev–Trinajstić information content (AvgIpc) is 3.22. The number of carbonyl (C=O) groups excluding carboxylic acids is 1. The molecule has 0 bridgehead atoms. The SMILES string of the molecule is COc1ccc(-c2n[nH]c3c2C(c2ccc(O)c(OC)c2)N(C)C3=O)cc1. The maximum Gasteiger partial charge on any atom is 0.272 e. The summed E-state index contributed by atoms with van der Waals surface area (Å²) in [6.45, 7) is 0. The molecule has 1 aliphatic rings.